The zero-order valence-electron chi connectivity index (χ0n) is 10.9. The maximum atomic E-state index is 11.9. The molecule has 0 saturated heterocycles. The summed E-state index contributed by atoms with van der Waals surface area (Å²) in [5.41, 5.74) is 5.24. The molecule has 116 valence electrons. The van der Waals surface area contributed by atoms with Crippen LogP contribution in [0, 0.1) is 0 Å². The average molecular weight is 305 g/mol. The van der Waals surface area contributed by atoms with Crippen molar-refractivity contribution in [2.75, 3.05) is 25.0 Å². The van der Waals surface area contributed by atoms with Crippen molar-refractivity contribution in [3.63, 3.8) is 0 Å². The van der Waals surface area contributed by atoms with E-state index < -0.39 is 31.1 Å². The predicted octanol–water partition coefficient (Wildman–Crippen LogP) is 0.641. The van der Waals surface area contributed by atoms with Crippen LogP contribution in [0.2, 0.25) is 0 Å². The van der Waals surface area contributed by atoms with E-state index in [9.17, 15) is 22.8 Å². The standard InChI is InChI=1S/C12H14F3N3O3/c13-12(14,15)7-17-5-11(20)18-8-2-1-3-9(4-8)21-6-10(16)19/h1-4,17H,5-7H2,(H2,16,19)(H,18,20). The van der Waals surface area contributed by atoms with Gasteiger partial charge >= 0.3 is 6.18 Å². The van der Waals surface area contributed by atoms with Crippen LogP contribution in [-0.4, -0.2) is 37.7 Å². The molecule has 4 N–H and O–H groups in total. The quantitative estimate of drug-likeness (QED) is 0.689. The average Bonchev–Trinajstić information content (AvgIpc) is 2.35. The Bertz CT molecular complexity index is 506. The Morgan fingerprint density at radius 1 is 1.29 bits per heavy atom. The predicted molar refractivity (Wildman–Crippen MR) is 68.7 cm³/mol. The number of carbonyl (C=O) groups excluding carboxylic acids is 2. The fourth-order valence-corrected chi connectivity index (χ4v) is 1.34. The molecule has 21 heavy (non-hydrogen) atoms. The molecule has 1 aromatic rings. The molecule has 0 atom stereocenters. The van der Waals surface area contributed by atoms with Gasteiger partial charge in [-0.2, -0.15) is 13.2 Å². The van der Waals surface area contributed by atoms with Crippen molar-refractivity contribution >= 4 is 17.5 Å². The van der Waals surface area contributed by atoms with Gasteiger partial charge < -0.3 is 21.1 Å². The van der Waals surface area contributed by atoms with E-state index >= 15 is 0 Å². The lowest BCUT2D eigenvalue weighted by atomic mass is 10.3. The van der Waals surface area contributed by atoms with Crippen LogP contribution in [0.25, 0.3) is 0 Å². The molecule has 1 aromatic carbocycles. The van der Waals surface area contributed by atoms with Gasteiger partial charge in [0.15, 0.2) is 6.61 Å². The minimum absolute atomic E-state index is 0.301. The van der Waals surface area contributed by atoms with E-state index in [-0.39, 0.29) is 6.61 Å². The Hall–Kier alpha value is -2.29. The number of hydrogen-bond donors (Lipinski definition) is 3. The van der Waals surface area contributed by atoms with Crippen LogP contribution >= 0.6 is 0 Å². The first-order valence-electron chi connectivity index (χ1n) is 5.85. The number of benzene rings is 1. The van der Waals surface area contributed by atoms with Crippen LogP contribution in [0.15, 0.2) is 24.3 Å². The maximum Gasteiger partial charge on any atom is 0.401 e. The first-order valence-corrected chi connectivity index (χ1v) is 5.85. The molecule has 0 fully saturated rings. The lowest BCUT2D eigenvalue weighted by molar-refractivity contribution is -0.127. The summed E-state index contributed by atoms with van der Waals surface area (Å²) in [4.78, 5) is 22.0. The first kappa shape index (κ1) is 16.8. The van der Waals surface area contributed by atoms with Gasteiger partial charge in [-0.05, 0) is 12.1 Å². The van der Waals surface area contributed by atoms with E-state index in [1.807, 2.05) is 5.32 Å². The highest BCUT2D eigenvalue weighted by Crippen LogP contribution is 2.17. The molecule has 1 rings (SSSR count). The molecule has 9 heteroatoms. The van der Waals surface area contributed by atoms with Gasteiger partial charge in [-0.15, -0.1) is 0 Å². The summed E-state index contributed by atoms with van der Waals surface area (Å²) in [6.45, 7) is -2.04. The molecule has 0 radical (unpaired) electrons. The number of nitrogens with one attached hydrogen (secondary N) is 2. The van der Waals surface area contributed by atoms with Gasteiger partial charge in [-0.1, -0.05) is 6.07 Å². The maximum absolute atomic E-state index is 11.9. The molecule has 0 saturated carbocycles. The zero-order valence-corrected chi connectivity index (χ0v) is 10.9. The third-order valence-electron chi connectivity index (χ3n) is 2.11. The Labute approximate surface area is 118 Å². The molecule has 0 spiro atoms. The number of carbonyl (C=O) groups is 2. The van der Waals surface area contributed by atoms with Crippen molar-refractivity contribution < 1.29 is 27.5 Å². The summed E-state index contributed by atoms with van der Waals surface area (Å²) in [6.07, 6.45) is -4.37. The lowest BCUT2D eigenvalue weighted by Crippen LogP contribution is -2.35. The summed E-state index contributed by atoms with van der Waals surface area (Å²) < 4.78 is 40.7. The van der Waals surface area contributed by atoms with Crippen LogP contribution in [0.5, 0.6) is 5.75 Å². The van der Waals surface area contributed by atoms with Gasteiger partial charge in [0.05, 0.1) is 13.1 Å². The highest BCUT2D eigenvalue weighted by atomic mass is 19.4. The van der Waals surface area contributed by atoms with Gasteiger partial charge in [0, 0.05) is 11.8 Å². The van der Waals surface area contributed by atoms with Crippen molar-refractivity contribution in [2.45, 2.75) is 6.18 Å². The summed E-state index contributed by atoms with van der Waals surface area (Å²) in [5, 5.41) is 4.36. The Morgan fingerprint density at radius 3 is 2.62 bits per heavy atom. The molecule has 0 unspecified atom stereocenters. The minimum Gasteiger partial charge on any atom is -0.484 e. The molecule has 0 aliphatic rings. The molecule has 2 amide bonds. The second-order valence-electron chi connectivity index (χ2n) is 4.05. The normalized spacial score (nSPS) is 11.0. The third kappa shape index (κ3) is 7.78. The van der Waals surface area contributed by atoms with Crippen LogP contribution in [-0.2, 0) is 9.59 Å². The second-order valence-corrected chi connectivity index (χ2v) is 4.05. The summed E-state index contributed by atoms with van der Waals surface area (Å²) in [5.74, 6) is -0.984. The molecular formula is C12H14F3N3O3. The summed E-state index contributed by atoms with van der Waals surface area (Å²) in [7, 11) is 0. The van der Waals surface area contributed by atoms with Gasteiger partial charge in [0.1, 0.15) is 5.75 Å². The third-order valence-corrected chi connectivity index (χ3v) is 2.11. The second kappa shape index (κ2) is 7.48. The Morgan fingerprint density at radius 2 is 2.00 bits per heavy atom. The monoisotopic (exact) mass is 305 g/mol. The molecule has 0 heterocycles. The molecule has 0 aromatic heterocycles. The molecule has 6 nitrogen and oxygen atoms in total. The van der Waals surface area contributed by atoms with E-state index in [4.69, 9.17) is 10.5 Å². The van der Waals surface area contributed by atoms with E-state index in [0.29, 0.717) is 11.4 Å². The molecule has 0 bridgehead atoms. The van der Waals surface area contributed by atoms with Crippen molar-refractivity contribution in [3.8, 4) is 5.75 Å². The van der Waals surface area contributed by atoms with Crippen molar-refractivity contribution in [1.29, 1.82) is 0 Å². The van der Waals surface area contributed by atoms with E-state index in [1.165, 1.54) is 12.1 Å². The number of ether oxygens (including phenoxy) is 1. The fraction of sp³-hybridized carbons (Fsp3) is 0.333. The lowest BCUT2D eigenvalue weighted by Gasteiger charge is -2.10. The van der Waals surface area contributed by atoms with Crippen molar-refractivity contribution in [1.82, 2.24) is 5.32 Å². The first-order chi connectivity index (χ1) is 9.76. The van der Waals surface area contributed by atoms with Crippen LogP contribution < -0.4 is 21.1 Å². The largest absolute Gasteiger partial charge is 0.484 e. The van der Waals surface area contributed by atoms with Crippen molar-refractivity contribution in [3.05, 3.63) is 24.3 Å². The van der Waals surface area contributed by atoms with Gasteiger partial charge in [0.25, 0.3) is 5.91 Å². The van der Waals surface area contributed by atoms with Crippen LogP contribution in [0.3, 0.4) is 0 Å². The number of alkyl halides is 3. The smallest absolute Gasteiger partial charge is 0.401 e. The Balaban J connectivity index is 2.45. The topological polar surface area (TPSA) is 93.5 Å². The number of primary amides is 1. The van der Waals surface area contributed by atoms with Crippen LogP contribution in [0.1, 0.15) is 0 Å². The van der Waals surface area contributed by atoms with Gasteiger partial charge in [0.2, 0.25) is 5.91 Å². The number of amides is 2. The van der Waals surface area contributed by atoms with E-state index in [1.54, 1.807) is 12.1 Å². The number of halogens is 3. The number of anilines is 1. The minimum atomic E-state index is -4.37. The van der Waals surface area contributed by atoms with E-state index in [2.05, 4.69) is 5.32 Å². The highest BCUT2D eigenvalue weighted by molar-refractivity contribution is 5.92. The highest BCUT2D eigenvalue weighted by Gasteiger charge is 2.26. The van der Waals surface area contributed by atoms with Gasteiger partial charge in [-0.3, -0.25) is 9.59 Å². The Kier molecular flexibility index (Phi) is 5.97. The van der Waals surface area contributed by atoms with E-state index in [0.717, 1.165) is 0 Å². The summed E-state index contributed by atoms with van der Waals surface area (Å²) in [6, 6.07) is 6.04. The fourth-order valence-electron chi connectivity index (χ4n) is 1.34. The number of rotatable bonds is 7. The zero-order chi connectivity index (χ0) is 15.9. The molecular weight excluding hydrogens is 291 g/mol. The summed E-state index contributed by atoms with van der Waals surface area (Å²) >= 11 is 0. The van der Waals surface area contributed by atoms with Crippen molar-refractivity contribution in [2.24, 2.45) is 5.73 Å². The van der Waals surface area contributed by atoms with Crippen LogP contribution in [0.4, 0.5) is 18.9 Å². The molecule has 0 aliphatic carbocycles. The molecule has 0 aliphatic heterocycles. The number of nitrogens with two attached hydrogens (primary N) is 1. The van der Waals surface area contributed by atoms with Gasteiger partial charge in [-0.25, -0.2) is 0 Å². The number of hydrogen-bond acceptors (Lipinski definition) is 4. The SMILES string of the molecule is NC(=O)COc1cccc(NC(=O)CNCC(F)(F)F)c1.